The van der Waals surface area contributed by atoms with Gasteiger partial charge in [-0.25, -0.2) is 14.4 Å². The number of hydrogen-bond acceptors (Lipinski definition) is 13. The fraction of sp³-hybridized carbons (Fsp3) is 0.426. The fourth-order valence-corrected chi connectivity index (χ4v) is 10.8. The summed E-state index contributed by atoms with van der Waals surface area (Å²) in [6.45, 7) is 28.5. The number of ether oxygens (including phenoxy) is 7. The minimum absolute atomic E-state index is 0.0338. The van der Waals surface area contributed by atoms with Crippen molar-refractivity contribution < 1.29 is 62.9 Å². The highest BCUT2D eigenvalue weighted by molar-refractivity contribution is 7.99. The summed E-state index contributed by atoms with van der Waals surface area (Å²) in [6, 6.07) is 41.8. The predicted molar refractivity (Wildman–Crippen MR) is 341 cm³/mol. The number of carboxylic acids is 3. The standard InChI is InChI=1S/C23H30O5S.C23H30O4S.C22H28O4S/c1-6-26-19(14-27-18-9-7-16(2)8-10-18)15-29-20-11-12-21(17(3)13-20)28-23(4,5)22(24)25;1-6-18(14-26-19-9-7-16(2)8-10-19)15-28-20-11-12-21(17(3)13-20)27-23(4,5)22(24)25;1-5-18(13-25-19-8-6-15(2)7-9-19)14-27-20-10-11-21(16(3)12-20)26-17(4)22(23)24/h7-13,19H,6,14-15H2,1-5H3,(H,24,25);7-13,18H,6,14-15H2,1-5H3,(H,24,25);6-12,17-18H,5,13-14H2,1-4H3,(H,23,24). The highest BCUT2D eigenvalue weighted by atomic mass is 32.2. The average molecular weight is 1210 g/mol. The summed E-state index contributed by atoms with van der Waals surface area (Å²) < 4.78 is 40.3. The molecule has 0 saturated heterocycles. The molecule has 0 fully saturated rings. The highest BCUT2D eigenvalue weighted by Gasteiger charge is 2.31. The first-order valence-electron chi connectivity index (χ1n) is 28.5. The van der Waals surface area contributed by atoms with Crippen LogP contribution in [0, 0.1) is 53.4 Å². The number of hydrogen-bond donors (Lipinski definition) is 3. The SMILES string of the molecule is CCC(COc1ccc(C)cc1)CSc1ccc(OC(C)(C)C(=O)O)c(C)c1.CCC(COc1ccc(C)cc1)CSc1ccc(OC(C)C(=O)O)c(C)c1.CCOC(COc1ccc(C)cc1)CSc1ccc(OC(C)(C)C(=O)O)c(C)c1. The Hall–Kier alpha value is -6.46. The number of aliphatic carboxylic acids is 3. The van der Waals surface area contributed by atoms with Crippen LogP contribution in [0.3, 0.4) is 0 Å². The molecule has 4 unspecified atom stereocenters. The van der Waals surface area contributed by atoms with Crippen LogP contribution in [0.25, 0.3) is 0 Å². The van der Waals surface area contributed by atoms with Gasteiger partial charge in [0.25, 0.3) is 0 Å². The van der Waals surface area contributed by atoms with Crippen LogP contribution in [0.15, 0.2) is 142 Å². The summed E-state index contributed by atoms with van der Waals surface area (Å²) >= 11 is 5.25. The van der Waals surface area contributed by atoms with Gasteiger partial charge in [0.2, 0.25) is 0 Å². The quantitative estimate of drug-likeness (QED) is 0.0350. The van der Waals surface area contributed by atoms with Gasteiger partial charge in [0, 0.05) is 50.4 Å². The molecule has 16 heteroatoms. The summed E-state index contributed by atoms with van der Waals surface area (Å²) in [5, 5.41) is 27.4. The Balaban J connectivity index is 0.000000270. The molecule has 0 amide bonds. The van der Waals surface area contributed by atoms with E-state index >= 15 is 0 Å². The van der Waals surface area contributed by atoms with Crippen molar-refractivity contribution in [2.45, 2.75) is 148 Å². The van der Waals surface area contributed by atoms with Gasteiger partial charge in [-0.1, -0.05) is 66.9 Å². The molecule has 0 heterocycles. The molecule has 6 aromatic carbocycles. The molecule has 6 aromatic rings. The predicted octanol–water partition coefficient (Wildman–Crippen LogP) is 16.2. The van der Waals surface area contributed by atoms with Gasteiger partial charge in [0.1, 0.15) is 47.2 Å². The van der Waals surface area contributed by atoms with Gasteiger partial charge in [0.05, 0.1) is 13.2 Å². The van der Waals surface area contributed by atoms with E-state index in [4.69, 9.17) is 38.3 Å². The Morgan fingerprint density at radius 2 is 0.798 bits per heavy atom. The van der Waals surface area contributed by atoms with Gasteiger partial charge in [-0.2, -0.15) is 0 Å². The van der Waals surface area contributed by atoms with Gasteiger partial charge in [-0.3, -0.25) is 0 Å². The van der Waals surface area contributed by atoms with Crippen molar-refractivity contribution in [2.24, 2.45) is 11.8 Å². The molecule has 84 heavy (non-hydrogen) atoms. The largest absolute Gasteiger partial charge is 0.493 e. The monoisotopic (exact) mass is 1210 g/mol. The Bertz CT molecular complexity index is 2960. The second-order valence-electron chi connectivity index (χ2n) is 21.6. The molecule has 0 aromatic heterocycles. The van der Waals surface area contributed by atoms with Crippen LogP contribution in [-0.2, 0) is 19.1 Å². The molecule has 456 valence electrons. The normalized spacial score (nSPS) is 12.6. The van der Waals surface area contributed by atoms with E-state index in [0.717, 1.165) is 78.7 Å². The molecule has 0 bridgehead atoms. The third-order valence-corrected chi connectivity index (χ3v) is 16.9. The summed E-state index contributed by atoms with van der Waals surface area (Å²) in [6.07, 6.45) is 1.21. The van der Waals surface area contributed by atoms with Crippen LogP contribution in [0.5, 0.6) is 34.5 Å². The van der Waals surface area contributed by atoms with Crippen molar-refractivity contribution in [3.63, 3.8) is 0 Å². The van der Waals surface area contributed by atoms with E-state index in [0.29, 0.717) is 55.5 Å². The molecule has 6 rings (SSSR count). The van der Waals surface area contributed by atoms with Crippen LogP contribution < -0.4 is 28.4 Å². The van der Waals surface area contributed by atoms with Crippen molar-refractivity contribution >= 4 is 53.2 Å². The first kappa shape index (κ1) is 70.0. The summed E-state index contributed by atoms with van der Waals surface area (Å²) in [4.78, 5) is 36.8. The number of benzene rings is 6. The average Bonchev–Trinajstić information content (AvgIpc) is 3.48. The molecule has 0 aliphatic rings. The molecule has 13 nitrogen and oxygen atoms in total. The van der Waals surface area contributed by atoms with E-state index in [1.165, 1.54) is 37.5 Å². The Morgan fingerprint density at radius 3 is 1.11 bits per heavy atom. The van der Waals surface area contributed by atoms with E-state index in [-0.39, 0.29) is 6.10 Å². The molecule has 4 atom stereocenters. The summed E-state index contributed by atoms with van der Waals surface area (Å²) in [5.41, 5.74) is 3.90. The van der Waals surface area contributed by atoms with E-state index in [1.54, 1.807) is 49.1 Å². The van der Waals surface area contributed by atoms with E-state index < -0.39 is 35.2 Å². The van der Waals surface area contributed by atoms with Gasteiger partial charge in [0.15, 0.2) is 17.3 Å². The maximum Gasteiger partial charge on any atom is 0.347 e. The van der Waals surface area contributed by atoms with Crippen LogP contribution in [0.2, 0.25) is 0 Å². The van der Waals surface area contributed by atoms with Crippen molar-refractivity contribution in [1.29, 1.82) is 0 Å². The van der Waals surface area contributed by atoms with Gasteiger partial charge in [-0.15, -0.1) is 35.3 Å². The molecule has 0 aliphatic carbocycles. The van der Waals surface area contributed by atoms with Gasteiger partial charge in [-0.05, 0) is 204 Å². The minimum Gasteiger partial charge on any atom is -0.493 e. The van der Waals surface area contributed by atoms with Crippen LogP contribution in [0.4, 0.5) is 0 Å². The van der Waals surface area contributed by atoms with E-state index in [2.05, 4.69) is 52.0 Å². The fourth-order valence-electron chi connectivity index (χ4n) is 7.46. The maximum absolute atomic E-state index is 11.3. The van der Waals surface area contributed by atoms with Crippen molar-refractivity contribution in [3.05, 3.63) is 161 Å². The molecule has 3 N–H and O–H groups in total. The van der Waals surface area contributed by atoms with Crippen LogP contribution >= 0.6 is 35.3 Å². The molecular weight excluding hydrogens is 1120 g/mol. The lowest BCUT2D eigenvalue weighted by Crippen LogP contribution is -2.38. The zero-order valence-corrected chi connectivity index (χ0v) is 53.9. The Morgan fingerprint density at radius 1 is 0.464 bits per heavy atom. The van der Waals surface area contributed by atoms with Crippen LogP contribution in [0.1, 0.15) is 102 Å². The number of aryl methyl sites for hydroxylation is 6. The zero-order valence-electron chi connectivity index (χ0n) is 51.4. The van der Waals surface area contributed by atoms with Gasteiger partial charge >= 0.3 is 17.9 Å². The minimum atomic E-state index is -1.27. The lowest BCUT2D eigenvalue weighted by atomic mass is 10.1. The second kappa shape index (κ2) is 35.1. The lowest BCUT2D eigenvalue weighted by molar-refractivity contribution is -0.152. The number of thioether (sulfide) groups is 3. The maximum atomic E-state index is 11.3. The number of rotatable bonds is 31. The summed E-state index contributed by atoms with van der Waals surface area (Å²) in [5.74, 6) is 5.09. The van der Waals surface area contributed by atoms with Gasteiger partial charge < -0.3 is 48.5 Å². The Labute approximate surface area is 511 Å². The zero-order chi connectivity index (χ0) is 62.0. The Kier molecular flexibility index (Phi) is 29.3. The molecule has 0 aliphatic heterocycles. The van der Waals surface area contributed by atoms with Crippen molar-refractivity contribution in [2.75, 3.05) is 43.7 Å². The number of carbonyl (C=O) groups is 3. The topological polar surface area (TPSA) is 177 Å². The lowest BCUT2D eigenvalue weighted by Gasteiger charge is -2.23. The number of carboxylic acid groups (broad SMARTS) is 3. The van der Waals surface area contributed by atoms with Crippen molar-refractivity contribution in [3.8, 4) is 34.5 Å². The van der Waals surface area contributed by atoms with E-state index in [9.17, 15) is 24.6 Å². The van der Waals surface area contributed by atoms with E-state index in [1.807, 2.05) is 138 Å². The van der Waals surface area contributed by atoms with Crippen molar-refractivity contribution in [1.82, 2.24) is 0 Å². The third kappa shape index (κ3) is 25.0. The van der Waals surface area contributed by atoms with Crippen LogP contribution in [-0.4, -0.2) is 100 Å². The smallest absolute Gasteiger partial charge is 0.347 e. The first-order valence-corrected chi connectivity index (χ1v) is 31.4. The third-order valence-electron chi connectivity index (χ3n) is 13.3. The molecular formula is C68H88O13S3. The second-order valence-corrected chi connectivity index (χ2v) is 24.9. The molecule has 0 saturated carbocycles. The first-order chi connectivity index (χ1) is 39.8. The molecule has 0 spiro atoms. The highest BCUT2D eigenvalue weighted by Crippen LogP contribution is 2.33. The molecule has 0 radical (unpaired) electrons. The summed E-state index contributed by atoms with van der Waals surface area (Å²) in [7, 11) is 0.